The van der Waals surface area contributed by atoms with Crippen LogP contribution in [0, 0.1) is 0 Å². The van der Waals surface area contributed by atoms with Crippen LogP contribution < -0.4 is 10.7 Å². The standard InChI is InChI=1S/C24H26N6O3S2/c1-2-12-25-24(34)27-26-17-20-18-30(21-6-4-3-5-7-21)28-23(20)19-8-10-22(11-9-19)35(31,32)29-13-15-33-16-14-29/h2-11,17-18H,1,12-16H2,(H2,25,27,34). The second-order valence-electron chi connectivity index (χ2n) is 7.62. The van der Waals surface area contributed by atoms with Gasteiger partial charge in [0, 0.05) is 37.0 Å². The van der Waals surface area contributed by atoms with Gasteiger partial charge in [-0.3, -0.25) is 5.43 Å². The number of nitrogens with one attached hydrogen (secondary N) is 2. The van der Waals surface area contributed by atoms with E-state index in [1.54, 1.807) is 41.2 Å². The molecular weight excluding hydrogens is 484 g/mol. The molecule has 9 nitrogen and oxygen atoms in total. The van der Waals surface area contributed by atoms with Gasteiger partial charge in [-0.25, -0.2) is 13.1 Å². The van der Waals surface area contributed by atoms with Gasteiger partial charge in [-0.2, -0.15) is 14.5 Å². The van der Waals surface area contributed by atoms with Crippen LogP contribution in [0.15, 0.2) is 83.4 Å². The Morgan fingerprint density at radius 3 is 2.54 bits per heavy atom. The predicted octanol–water partition coefficient (Wildman–Crippen LogP) is 2.54. The molecule has 0 amide bonds. The Labute approximate surface area is 210 Å². The van der Waals surface area contributed by atoms with E-state index in [-0.39, 0.29) is 4.90 Å². The highest BCUT2D eigenvalue weighted by Crippen LogP contribution is 2.25. The second-order valence-corrected chi connectivity index (χ2v) is 9.97. The van der Waals surface area contributed by atoms with Gasteiger partial charge in [0.15, 0.2) is 5.11 Å². The average molecular weight is 511 g/mol. The molecule has 0 unspecified atom stereocenters. The third-order valence-electron chi connectivity index (χ3n) is 5.28. The summed E-state index contributed by atoms with van der Waals surface area (Å²) in [5.74, 6) is 0. The number of thiocarbonyl (C=S) groups is 1. The Bertz CT molecular complexity index is 1300. The molecule has 1 fully saturated rings. The molecule has 1 aliphatic heterocycles. The van der Waals surface area contributed by atoms with E-state index in [9.17, 15) is 8.42 Å². The molecule has 1 saturated heterocycles. The van der Waals surface area contributed by atoms with E-state index < -0.39 is 10.0 Å². The molecule has 0 bridgehead atoms. The van der Waals surface area contributed by atoms with Crippen molar-refractivity contribution in [2.45, 2.75) is 4.90 Å². The predicted molar refractivity (Wildman–Crippen MR) is 140 cm³/mol. The third-order valence-corrected chi connectivity index (χ3v) is 7.42. The fraction of sp³-hybridized carbons (Fsp3) is 0.208. The van der Waals surface area contributed by atoms with E-state index >= 15 is 0 Å². The zero-order chi connectivity index (χ0) is 24.7. The number of para-hydroxylation sites is 1. The maximum atomic E-state index is 13.0. The number of aromatic nitrogens is 2. The lowest BCUT2D eigenvalue weighted by atomic mass is 10.1. The highest BCUT2D eigenvalue weighted by atomic mass is 32.2. The summed E-state index contributed by atoms with van der Waals surface area (Å²) >= 11 is 5.17. The summed E-state index contributed by atoms with van der Waals surface area (Å²) in [7, 11) is -3.58. The van der Waals surface area contributed by atoms with Crippen LogP contribution in [0.3, 0.4) is 0 Å². The van der Waals surface area contributed by atoms with Gasteiger partial charge < -0.3 is 10.1 Å². The molecule has 3 aromatic rings. The normalized spacial score (nSPS) is 14.6. The number of morpholine rings is 1. The average Bonchev–Trinajstić information content (AvgIpc) is 3.33. The Morgan fingerprint density at radius 1 is 1.14 bits per heavy atom. The van der Waals surface area contributed by atoms with Crippen molar-refractivity contribution < 1.29 is 13.2 Å². The van der Waals surface area contributed by atoms with E-state index in [0.29, 0.717) is 43.7 Å². The zero-order valence-electron chi connectivity index (χ0n) is 19.0. The van der Waals surface area contributed by atoms with Crippen molar-refractivity contribution >= 4 is 33.6 Å². The van der Waals surface area contributed by atoms with Crippen LogP contribution in [0.4, 0.5) is 0 Å². The minimum Gasteiger partial charge on any atom is -0.379 e. The van der Waals surface area contributed by atoms with Crippen molar-refractivity contribution in [3.8, 4) is 16.9 Å². The molecule has 1 aromatic heterocycles. The van der Waals surface area contributed by atoms with Gasteiger partial charge in [-0.1, -0.05) is 36.4 Å². The monoisotopic (exact) mass is 510 g/mol. The van der Waals surface area contributed by atoms with Crippen LogP contribution in [0.2, 0.25) is 0 Å². The van der Waals surface area contributed by atoms with E-state index in [0.717, 1.165) is 16.8 Å². The summed E-state index contributed by atoms with van der Waals surface area (Å²) in [6.07, 6.45) is 5.18. The number of hydrogen-bond donors (Lipinski definition) is 2. The van der Waals surface area contributed by atoms with Crippen molar-refractivity contribution in [3.63, 3.8) is 0 Å². The van der Waals surface area contributed by atoms with Crippen molar-refractivity contribution in [1.82, 2.24) is 24.8 Å². The number of rotatable bonds is 8. The van der Waals surface area contributed by atoms with Gasteiger partial charge in [0.2, 0.25) is 10.0 Å². The molecule has 0 spiro atoms. The number of sulfonamides is 1. The molecule has 0 atom stereocenters. The number of ether oxygens (including phenoxy) is 1. The Hall–Kier alpha value is -3.38. The van der Waals surface area contributed by atoms with Gasteiger partial charge in [0.1, 0.15) is 5.69 Å². The minimum absolute atomic E-state index is 0.237. The molecule has 182 valence electrons. The number of nitrogens with zero attached hydrogens (tertiary/aromatic N) is 4. The molecule has 0 aliphatic carbocycles. The van der Waals surface area contributed by atoms with Crippen LogP contribution in [-0.4, -0.2) is 66.7 Å². The maximum Gasteiger partial charge on any atom is 0.243 e. The first-order chi connectivity index (χ1) is 17.0. The number of benzene rings is 2. The lowest BCUT2D eigenvalue weighted by Crippen LogP contribution is -2.40. The second kappa shape index (κ2) is 11.4. The van der Waals surface area contributed by atoms with Crippen molar-refractivity contribution in [3.05, 3.63) is 79.0 Å². The van der Waals surface area contributed by atoms with Gasteiger partial charge in [0.25, 0.3) is 0 Å². The first-order valence-electron chi connectivity index (χ1n) is 11.0. The quantitative estimate of drug-likeness (QED) is 0.208. The molecule has 2 N–H and O–H groups in total. The van der Waals surface area contributed by atoms with Crippen molar-refractivity contribution in [2.24, 2.45) is 5.10 Å². The zero-order valence-corrected chi connectivity index (χ0v) is 20.6. The SMILES string of the molecule is C=CCNC(=S)NN=Cc1cn(-c2ccccc2)nc1-c1ccc(S(=O)(=O)N2CCOCC2)cc1. The van der Waals surface area contributed by atoms with Gasteiger partial charge >= 0.3 is 0 Å². The molecule has 11 heteroatoms. The molecule has 1 aliphatic rings. The topological polar surface area (TPSA) is 101 Å². The fourth-order valence-corrected chi connectivity index (χ4v) is 5.05. The first-order valence-corrected chi connectivity index (χ1v) is 12.8. The largest absolute Gasteiger partial charge is 0.379 e. The van der Waals surface area contributed by atoms with Crippen LogP contribution >= 0.6 is 12.2 Å². The first kappa shape index (κ1) is 24.7. The smallest absolute Gasteiger partial charge is 0.243 e. The molecule has 0 saturated carbocycles. The highest BCUT2D eigenvalue weighted by molar-refractivity contribution is 7.89. The minimum atomic E-state index is -3.58. The Morgan fingerprint density at radius 2 is 1.86 bits per heavy atom. The number of hydrazone groups is 1. The lowest BCUT2D eigenvalue weighted by molar-refractivity contribution is 0.0730. The third kappa shape index (κ3) is 6.01. The highest BCUT2D eigenvalue weighted by Gasteiger charge is 2.26. The summed E-state index contributed by atoms with van der Waals surface area (Å²) in [6, 6.07) is 16.4. The molecule has 2 aromatic carbocycles. The summed E-state index contributed by atoms with van der Waals surface area (Å²) in [6.45, 7) is 5.67. The molecular formula is C24H26N6O3S2. The van der Waals surface area contributed by atoms with Gasteiger partial charge in [-0.05, 0) is 36.5 Å². The van der Waals surface area contributed by atoms with Crippen LogP contribution in [0.1, 0.15) is 5.56 Å². The summed E-state index contributed by atoms with van der Waals surface area (Å²) in [4.78, 5) is 0.237. The maximum absolute atomic E-state index is 13.0. The molecule has 35 heavy (non-hydrogen) atoms. The van der Waals surface area contributed by atoms with Crippen molar-refractivity contribution in [2.75, 3.05) is 32.8 Å². The van der Waals surface area contributed by atoms with Crippen LogP contribution in [0.5, 0.6) is 0 Å². The molecule has 0 radical (unpaired) electrons. The van der Waals surface area contributed by atoms with E-state index in [1.807, 2.05) is 36.5 Å². The fourth-order valence-electron chi connectivity index (χ4n) is 3.50. The Balaban J connectivity index is 1.62. The molecule has 4 rings (SSSR count). The molecule has 2 heterocycles. The Kier molecular flexibility index (Phi) is 8.03. The van der Waals surface area contributed by atoms with E-state index in [1.165, 1.54) is 4.31 Å². The lowest BCUT2D eigenvalue weighted by Gasteiger charge is -2.26. The van der Waals surface area contributed by atoms with Gasteiger partial charge in [-0.15, -0.1) is 6.58 Å². The number of hydrogen-bond acceptors (Lipinski definition) is 6. The summed E-state index contributed by atoms with van der Waals surface area (Å²) in [5.41, 5.74) is 5.80. The van der Waals surface area contributed by atoms with Crippen LogP contribution in [0.25, 0.3) is 16.9 Å². The van der Waals surface area contributed by atoms with Crippen molar-refractivity contribution in [1.29, 1.82) is 0 Å². The summed E-state index contributed by atoms with van der Waals surface area (Å²) in [5, 5.41) is 12.3. The van der Waals surface area contributed by atoms with E-state index in [4.69, 9.17) is 22.1 Å². The van der Waals surface area contributed by atoms with Crippen LogP contribution in [-0.2, 0) is 14.8 Å². The summed E-state index contributed by atoms with van der Waals surface area (Å²) < 4.78 is 34.4. The van der Waals surface area contributed by atoms with E-state index in [2.05, 4.69) is 22.4 Å². The van der Waals surface area contributed by atoms with Gasteiger partial charge in [0.05, 0.1) is 30.0 Å².